The van der Waals surface area contributed by atoms with E-state index in [0.717, 1.165) is 66.6 Å². The molecular formula is C25H30FN5O2. The van der Waals surface area contributed by atoms with Crippen molar-refractivity contribution in [1.82, 2.24) is 20.4 Å². The highest BCUT2D eigenvalue weighted by atomic mass is 19.1. The zero-order valence-electron chi connectivity index (χ0n) is 19.2. The minimum absolute atomic E-state index is 0.00319. The van der Waals surface area contributed by atoms with E-state index in [0.29, 0.717) is 18.9 Å². The molecule has 5 rings (SSSR count). The number of hydrogen-bond donors (Lipinski definition) is 1. The lowest BCUT2D eigenvalue weighted by molar-refractivity contribution is 0.178. The molecule has 0 radical (unpaired) electrons. The number of fused-ring (bicyclic) bond motifs is 1. The average molecular weight is 452 g/mol. The number of likely N-dealkylation sites (tertiary alicyclic amines) is 1. The number of carbonyl (C=O) groups is 1. The van der Waals surface area contributed by atoms with Crippen LogP contribution in [0.25, 0.3) is 10.8 Å². The number of pyridine rings is 1. The molecule has 7 nitrogen and oxygen atoms in total. The van der Waals surface area contributed by atoms with Crippen LogP contribution >= 0.6 is 0 Å². The summed E-state index contributed by atoms with van der Waals surface area (Å²) >= 11 is 0. The number of urea groups is 1. The zero-order chi connectivity index (χ0) is 22.9. The van der Waals surface area contributed by atoms with E-state index in [1.807, 2.05) is 35.8 Å². The number of nitrogens with zero attached hydrogens (tertiary/aromatic N) is 4. The maximum Gasteiger partial charge on any atom is 0.325 e. The zero-order valence-corrected chi connectivity index (χ0v) is 19.2. The first-order valence-electron chi connectivity index (χ1n) is 11.8. The summed E-state index contributed by atoms with van der Waals surface area (Å²) in [5.41, 5.74) is 1.67. The van der Waals surface area contributed by atoms with Gasteiger partial charge in [0.25, 0.3) is 0 Å². The van der Waals surface area contributed by atoms with Gasteiger partial charge in [0.2, 0.25) is 0 Å². The number of rotatable bonds is 3. The van der Waals surface area contributed by atoms with E-state index in [1.54, 1.807) is 6.20 Å². The van der Waals surface area contributed by atoms with Crippen LogP contribution in [0.3, 0.4) is 0 Å². The van der Waals surface area contributed by atoms with Crippen molar-refractivity contribution in [2.45, 2.75) is 51.5 Å². The van der Waals surface area contributed by atoms with Crippen LogP contribution in [0.15, 0.2) is 35.0 Å². The van der Waals surface area contributed by atoms with E-state index in [4.69, 9.17) is 4.52 Å². The lowest BCUT2D eigenvalue weighted by Gasteiger charge is -2.40. The largest absolute Gasteiger partial charge is 0.361 e. The Morgan fingerprint density at radius 1 is 1.21 bits per heavy atom. The Balaban J connectivity index is 1.45. The number of benzene rings is 1. The Labute approximate surface area is 192 Å². The molecule has 1 N–H and O–H groups in total. The molecular weight excluding hydrogens is 421 g/mol. The van der Waals surface area contributed by atoms with Gasteiger partial charge >= 0.3 is 6.03 Å². The van der Waals surface area contributed by atoms with Gasteiger partial charge in [0.15, 0.2) is 0 Å². The van der Waals surface area contributed by atoms with Crippen molar-refractivity contribution in [3.63, 3.8) is 0 Å². The number of amides is 2. The SMILES string of the molecule is Cc1cc(C2CCN(C(=O)N(c3nccc4cc(F)cc(C)c34)C3CCCNC3)CC2)on1. The molecule has 0 aliphatic carbocycles. The number of aromatic nitrogens is 2. The standard InChI is InChI=1S/C25H30FN5O2/c1-16-12-20(26)14-19-5-9-28-24(23(16)19)31(21-4-3-8-27-15-21)25(32)30-10-6-18(7-11-30)22-13-17(2)29-33-22/h5,9,12-14,18,21,27H,3-4,6-8,10-11,15H2,1-2H3. The number of aryl methyl sites for hydroxylation is 2. The Morgan fingerprint density at radius 3 is 2.73 bits per heavy atom. The van der Waals surface area contributed by atoms with E-state index < -0.39 is 0 Å². The third-order valence-corrected chi connectivity index (χ3v) is 6.89. The summed E-state index contributed by atoms with van der Waals surface area (Å²) in [6.07, 6.45) is 5.25. The van der Waals surface area contributed by atoms with Gasteiger partial charge < -0.3 is 14.7 Å². The van der Waals surface area contributed by atoms with Crippen molar-refractivity contribution in [1.29, 1.82) is 0 Å². The van der Waals surface area contributed by atoms with Gasteiger partial charge in [-0.3, -0.25) is 4.90 Å². The second-order valence-corrected chi connectivity index (χ2v) is 9.24. The van der Waals surface area contributed by atoms with Gasteiger partial charge in [0.1, 0.15) is 17.4 Å². The van der Waals surface area contributed by atoms with Crippen LogP contribution in [0.5, 0.6) is 0 Å². The van der Waals surface area contributed by atoms with Crippen LogP contribution in [0, 0.1) is 19.7 Å². The summed E-state index contributed by atoms with van der Waals surface area (Å²) in [6.45, 7) is 6.78. The molecule has 2 aliphatic heterocycles. The third kappa shape index (κ3) is 4.31. The van der Waals surface area contributed by atoms with Gasteiger partial charge in [0.05, 0.1) is 11.7 Å². The van der Waals surface area contributed by atoms with E-state index in [2.05, 4.69) is 15.5 Å². The lowest BCUT2D eigenvalue weighted by Crippen LogP contribution is -2.55. The predicted octanol–water partition coefficient (Wildman–Crippen LogP) is 4.54. The van der Waals surface area contributed by atoms with Gasteiger partial charge in [-0.2, -0.15) is 0 Å². The molecule has 33 heavy (non-hydrogen) atoms. The number of hydrogen-bond acceptors (Lipinski definition) is 5. The van der Waals surface area contributed by atoms with Gasteiger partial charge in [-0.1, -0.05) is 5.16 Å². The molecule has 8 heteroatoms. The first-order valence-corrected chi connectivity index (χ1v) is 11.8. The van der Waals surface area contributed by atoms with Gasteiger partial charge in [0, 0.05) is 43.2 Å². The smallest absolute Gasteiger partial charge is 0.325 e. The topological polar surface area (TPSA) is 74.5 Å². The highest BCUT2D eigenvalue weighted by Crippen LogP contribution is 2.34. The van der Waals surface area contributed by atoms with Crippen LogP contribution in [-0.4, -0.2) is 53.3 Å². The maximum atomic E-state index is 14.1. The summed E-state index contributed by atoms with van der Waals surface area (Å²) in [4.78, 5) is 22.4. The monoisotopic (exact) mass is 451 g/mol. The maximum absolute atomic E-state index is 14.1. The molecule has 1 aromatic carbocycles. The summed E-state index contributed by atoms with van der Waals surface area (Å²) in [5.74, 6) is 1.53. The van der Waals surface area contributed by atoms with Crippen molar-refractivity contribution < 1.29 is 13.7 Å². The van der Waals surface area contributed by atoms with E-state index >= 15 is 0 Å². The van der Waals surface area contributed by atoms with Crippen LogP contribution in [0.4, 0.5) is 15.0 Å². The fourth-order valence-electron chi connectivity index (χ4n) is 5.20. The number of carbonyl (C=O) groups excluding carboxylic acids is 1. The second-order valence-electron chi connectivity index (χ2n) is 9.24. The fraction of sp³-hybridized carbons (Fsp3) is 0.480. The molecule has 2 fully saturated rings. The van der Waals surface area contributed by atoms with Crippen molar-refractivity contribution >= 4 is 22.6 Å². The number of nitrogens with one attached hydrogen (secondary N) is 1. The average Bonchev–Trinajstić information content (AvgIpc) is 3.26. The normalized spacial score (nSPS) is 19.7. The second kappa shape index (κ2) is 9.09. The summed E-state index contributed by atoms with van der Waals surface area (Å²) in [7, 11) is 0. The Kier molecular flexibility index (Phi) is 6.01. The molecule has 0 spiro atoms. The molecule has 2 aliphatic rings. The summed E-state index contributed by atoms with van der Waals surface area (Å²) in [6, 6.07) is 6.80. The molecule has 1 atom stereocenters. The van der Waals surface area contributed by atoms with E-state index in [9.17, 15) is 9.18 Å². The quantitative estimate of drug-likeness (QED) is 0.633. The van der Waals surface area contributed by atoms with Crippen molar-refractivity contribution in [3.05, 3.63) is 53.3 Å². The van der Waals surface area contributed by atoms with Crippen LogP contribution in [-0.2, 0) is 0 Å². The number of halogens is 1. The lowest BCUT2D eigenvalue weighted by atomic mass is 9.94. The number of anilines is 1. The molecule has 2 aromatic heterocycles. The Hall–Kier alpha value is -3.00. The Morgan fingerprint density at radius 2 is 2.03 bits per heavy atom. The first-order chi connectivity index (χ1) is 16.0. The molecule has 2 saturated heterocycles. The molecule has 0 bridgehead atoms. The third-order valence-electron chi connectivity index (χ3n) is 6.89. The van der Waals surface area contributed by atoms with E-state index in [-0.39, 0.29) is 23.8 Å². The molecule has 0 saturated carbocycles. The van der Waals surface area contributed by atoms with Gasteiger partial charge in [-0.15, -0.1) is 0 Å². The Bertz CT molecular complexity index is 1150. The molecule has 1 unspecified atom stereocenters. The highest BCUT2D eigenvalue weighted by molar-refractivity contribution is 6.03. The van der Waals surface area contributed by atoms with Gasteiger partial charge in [-0.25, -0.2) is 14.2 Å². The number of piperidine rings is 2. The van der Waals surface area contributed by atoms with E-state index in [1.165, 1.54) is 12.1 Å². The van der Waals surface area contributed by atoms with Crippen molar-refractivity contribution in [2.75, 3.05) is 31.1 Å². The molecule has 3 aromatic rings. The van der Waals surface area contributed by atoms with Crippen LogP contribution < -0.4 is 10.2 Å². The predicted molar refractivity (Wildman–Crippen MR) is 125 cm³/mol. The first kappa shape index (κ1) is 21.8. The molecule has 174 valence electrons. The van der Waals surface area contributed by atoms with Crippen LogP contribution in [0.1, 0.15) is 48.6 Å². The highest BCUT2D eigenvalue weighted by Gasteiger charge is 2.35. The van der Waals surface area contributed by atoms with Crippen molar-refractivity contribution in [2.24, 2.45) is 0 Å². The minimum atomic E-state index is -0.279. The summed E-state index contributed by atoms with van der Waals surface area (Å²) in [5, 5.41) is 9.04. The summed E-state index contributed by atoms with van der Waals surface area (Å²) < 4.78 is 19.6. The van der Waals surface area contributed by atoms with Crippen LogP contribution in [0.2, 0.25) is 0 Å². The van der Waals surface area contributed by atoms with Gasteiger partial charge in [-0.05, 0) is 75.2 Å². The molecule has 2 amide bonds. The molecule has 4 heterocycles. The van der Waals surface area contributed by atoms with Crippen molar-refractivity contribution in [3.8, 4) is 0 Å². The fourth-order valence-corrected chi connectivity index (χ4v) is 5.20. The minimum Gasteiger partial charge on any atom is -0.361 e.